The van der Waals surface area contributed by atoms with Gasteiger partial charge in [-0.1, -0.05) is 35.3 Å². The van der Waals surface area contributed by atoms with Crippen LogP contribution in [0.5, 0.6) is 5.75 Å². The number of aryl methyl sites for hydroxylation is 1. The lowest BCUT2D eigenvalue weighted by atomic mass is 9.98. The van der Waals surface area contributed by atoms with E-state index in [1.165, 1.54) is 23.3 Å². The van der Waals surface area contributed by atoms with Crippen LogP contribution in [0.1, 0.15) is 32.6 Å². The van der Waals surface area contributed by atoms with Crippen LogP contribution < -0.4 is 4.74 Å². The standard InChI is InChI=1S/C27H21Cl2NO5S/c1-14-8-10-36-26(14)22-21(23(31)19-12-16-11-18(29)13-20(34-2)25(16)35-19)24(32)27(33)30(22)9-7-15-3-5-17(28)6-4-15/h3-6,8,10-13,22,32H,7,9H2,1-2H3. The van der Waals surface area contributed by atoms with Gasteiger partial charge in [-0.2, -0.15) is 0 Å². The number of rotatable bonds is 7. The summed E-state index contributed by atoms with van der Waals surface area (Å²) in [7, 11) is 1.48. The number of fused-ring (bicyclic) bond motifs is 1. The van der Waals surface area contributed by atoms with Gasteiger partial charge >= 0.3 is 0 Å². The summed E-state index contributed by atoms with van der Waals surface area (Å²) in [5, 5.41) is 14.5. The molecule has 4 aromatic rings. The Morgan fingerprint density at radius 1 is 1.14 bits per heavy atom. The molecule has 1 aliphatic heterocycles. The highest BCUT2D eigenvalue weighted by molar-refractivity contribution is 7.10. The number of amides is 1. The van der Waals surface area contributed by atoms with Crippen LogP contribution in [0.4, 0.5) is 0 Å². The van der Waals surface area contributed by atoms with E-state index < -0.39 is 23.5 Å². The van der Waals surface area contributed by atoms with Gasteiger partial charge in [0.25, 0.3) is 5.91 Å². The fourth-order valence-electron chi connectivity index (χ4n) is 4.44. The molecular formula is C27H21Cl2NO5S. The molecule has 2 aromatic heterocycles. The SMILES string of the molecule is COc1cc(Cl)cc2cc(C(=O)C3=C(O)C(=O)N(CCc4ccc(Cl)cc4)C3c3sccc3C)oc12. The average Bonchev–Trinajstić information content (AvgIpc) is 3.54. The highest BCUT2D eigenvalue weighted by Crippen LogP contribution is 2.43. The first kappa shape index (κ1) is 24.4. The molecule has 184 valence electrons. The predicted octanol–water partition coefficient (Wildman–Crippen LogP) is 6.94. The first-order chi connectivity index (χ1) is 17.3. The van der Waals surface area contributed by atoms with Gasteiger partial charge in [0.2, 0.25) is 5.78 Å². The van der Waals surface area contributed by atoms with Crippen LogP contribution in [0.15, 0.2) is 69.7 Å². The van der Waals surface area contributed by atoms with Crippen LogP contribution in [0.25, 0.3) is 11.0 Å². The number of hydrogen-bond acceptors (Lipinski definition) is 6. The van der Waals surface area contributed by atoms with Crippen LogP contribution >= 0.6 is 34.5 Å². The van der Waals surface area contributed by atoms with Crippen LogP contribution in [0.3, 0.4) is 0 Å². The maximum absolute atomic E-state index is 13.8. The second-order valence-corrected chi connectivity index (χ2v) is 10.3. The monoisotopic (exact) mass is 541 g/mol. The number of methoxy groups -OCH3 is 1. The number of nitrogens with zero attached hydrogens (tertiary/aromatic N) is 1. The maximum Gasteiger partial charge on any atom is 0.290 e. The van der Waals surface area contributed by atoms with Crippen molar-refractivity contribution >= 4 is 57.2 Å². The molecule has 36 heavy (non-hydrogen) atoms. The van der Waals surface area contributed by atoms with Gasteiger partial charge < -0.3 is 19.2 Å². The van der Waals surface area contributed by atoms with Gasteiger partial charge in [-0.3, -0.25) is 9.59 Å². The van der Waals surface area contributed by atoms with Crippen molar-refractivity contribution in [3.8, 4) is 5.75 Å². The van der Waals surface area contributed by atoms with Crippen LogP contribution in [-0.4, -0.2) is 35.4 Å². The number of carbonyl (C=O) groups excluding carboxylic acids is 2. The second kappa shape index (κ2) is 9.65. The first-order valence-corrected chi connectivity index (χ1v) is 12.8. The summed E-state index contributed by atoms with van der Waals surface area (Å²) in [6.45, 7) is 2.21. The molecule has 3 heterocycles. The van der Waals surface area contributed by atoms with E-state index in [0.29, 0.717) is 39.7 Å². The van der Waals surface area contributed by atoms with Crippen molar-refractivity contribution in [1.82, 2.24) is 4.90 Å². The zero-order valence-corrected chi connectivity index (χ0v) is 21.7. The Morgan fingerprint density at radius 2 is 1.89 bits per heavy atom. The van der Waals surface area contributed by atoms with Crippen molar-refractivity contribution in [1.29, 1.82) is 0 Å². The Labute approximate surface area is 221 Å². The number of furan rings is 1. The van der Waals surface area contributed by atoms with E-state index >= 15 is 0 Å². The minimum atomic E-state index is -0.740. The molecule has 0 saturated heterocycles. The van der Waals surface area contributed by atoms with Crippen LogP contribution in [-0.2, 0) is 11.2 Å². The zero-order valence-electron chi connectivity index (χ0n) is 19.4. The first-order valence-electron chi connectivity index (χ1n) is 11.1. The van der Waals surface area contributed by atoms with Gasteiger partial charge in [0.05, 0.1) is 12.7 Å². The normalized spacial score (nSPS) is 15.8. The van der Waals surface area contributed by atoms with Gasteiger partial charge in [0.15, 0.2) is 22.9 Å². The van der Waals surface area contributed by atoms with Gasteiger partial charge in [0, 0.05) is 32.9 Å². The lowest BCUT2D eigenvalue weighted by Crippen LogP contribution is -2.33. The minimum absolute atomic E-state index is 0.00854. The smallest absolute Gasteiger partial charge is 0.290 e. The number of hydrogen-bond donors (Lipinski definition) is 1. The number of aliphatic hydroxyl groups is 1. The minimum Gasteiger partial charge on any atom is -0.503 e. The Balaban J connectivity index is 1.54. The molecule has 6 nitrogen and oxygen atoms in total. The molecule has 1 aliphatic rings. The number of halogens is 2. The summed E-state index contributed by atoms with van der Waals surface area (Å²) in [6, 6.07) is 13.3. The quantitative estimate of drug-likeness (QED) is 0.256. The summed E-state index contributed by atoms with van der Waals surface area (Å²) in [5.74, 6) is -1.37. The van der Waals surface area contributed by atoms with Gasteiger partial charge in [-0.25, -0.2) is 0 Å². The highest BCUT2D eigenvalue weighted by Gasteiger charge is 2.45. The van der Waals surface area contributed by atoms with E-state index in [2.05, 4.69) is 0 Å². The molecule has 0 aliphatic carbocycles. The van der Waals surface area contributed by atoms with Crippen LogP contribution in [0, 0.1) is 6.92 Å². The fraction of sp³-hybridized carbons (Fsp3) is 0.185. The Kier molecular flexibility index (Phi) is 6.55. The van der Waals surface area contributed by atoms with Crippen molar-refractivity contribution in [2.24, 2.45) is 0 Å². The van der Waals surface area contributed by atoms with E-state index in [4.69, 9.17) is 32.4 Å². The van der Waals surface area contributed by atoms with Crippen molar-refractivity contribution in [3.63, 3.8) is 0 Å². The third-order valence-electron chi connectivity index (χ3n) is 6.24. The second-order valence-electron chi connectivity index (χ2n) is 8.47. The molecule has 1 N–H and O–H groups in total. The molecule has 1 atom stereocenters. The zero-order chi connectivity index (χ0) is 25.6. The fourth-order valence-corrected chi connectivity index (χ4v) is 5.83. The Hall–Kier alpha value is -3.26. The largest absolute Gasteiger partial charge is 0.503 e. The molecule has 9 heteroatoms. The van der Waals surface area contributed by atoms with Gasteiger partial charge in [-0.15, -0.1) is 11.3 Å². The average molecular weight is 542 g/mol. The lowest BCUT2D eigenvalue weighted by molar-refractivity contribution is -0.129. The van der Waals surface area contributed by atoms with Crippen molar-refractivity contribution in [2.75, 3.05) is 13.7 Å². The summed E-state index contributed by atoms with van der Waals surface area (Å²) in [4.78, 5) is 29.3. The van der Waals surface area contributed by atoms with Gasteiger partial charge in [-0.05, 0) is 60.2 Å². The lowest BCUT2D eigenvalue weighted by Gasteiger charge is -2.26. The molecule has 0 radical (unpaired) electrons. The third kappa shape index (κ3) is 4.28. The summed E-state index contributed by atoms with van der Waals surface area (Å²) < 4.78 is 11.2. The number of benzene rings is 2. The maximum atomic E-state index is 13.8. The number of Topliss-reactive ketones (excluding diaryl/α,β-unsaturated/α-hetero) is 1. The number of thiophene rings is 1. The molecule has 1 amide bonds. The van der Waals surface area contributed by atoms with Crippen molar-refractivity contribution in [2.45, 2.75) is 19.4 Å². The Bertz CT molecular complexity index is 1520. The van der Waals surface area contributed by atoms with Crippen LogP contribution in [0.2, 0.25) is 10.0 Å². The highest BCUT2D eigenvalue weighted by atomic mass is 35.5. The summed E-state index contributed by atoms with van der Waals surface area (Å²) in [5.41, 5.74) is 2.26. The van der Waals surface area contributed by atoms with Gasteiger partial charge in [0.1, 0.15) is 6.04 Å². The topological polar surface area (TPSA) is 80.0 Å². The van der Waals surface area contributed by atoms with Crippen molar-refractivity contribution < 1.29 is 23.8 Å². The van der Waals surface area contributed by atoms with Crippen molar-refractivity contribution in [3.05, 3.63) is 97.1 Å². The van der Waals surface area contributed by atoms with E-state index in [1.807, 2.05) is 30.5 Å². The number of aliphatic hydroxyl groups excluding tert-OH is 1. The molecule has 0 saturated carbocycles. The van der Waals surface area contributed by atoms with E-state index in [-0.39, 0.29) is 11.3 Å². The van der Waals surface area contributed by atoms with E-state index in [0.717, 1.165) is 16.0 Å². The molecular weight excluding hydrogens is 521 g/mol. The number of carbonyl (C=O) groups is 2. The summed E-state index contributed by atoms with van der Waals surface area (Å²) in [6.07, 6.45) is 0.527. The molecule has 0 fully saturated rings. The molecule has 5 rings (SSSR count). The summed E-state index contributed by atoms with van der Waals surface area (Å²) >= 11 is 13.6. The molecule has 1 unspecified atom stereocenters. The van der Waals surface area contributed by atoms with E-state index in [9.17, 15) is 14.7 Å². The molecule has 0 spiro atoms. The molecule has 0 bridgehead atoms. The Morgan fingerprint density at radius 3 is 2.56 bits per heavy atom. The van der Waals surface area contributed by atoms with E-state index in [1.54, 1.807) is 30.3 Å². The number of ether oxygens (including phenoxy) is 1. The predicted molar refractivity (Wildman–Crippen MR) is 140 cm³/mol. The third-order valence-corrected chi connectivity index (χ3v) is 7.79. The number of ketones is 1. The molecule has 2 aromatic carbocycles.